The summed E-state index contributed by atoms with van der Waals surface area (Å²) in [6, 6.07) is -0.674. The molecule has 0 aromatic rings. The van der Waals surface area contributed by atoms with Gasteiger partial charge in [0.05, 0.1) is 25.4 Å². The Bertz CT molecular complexity index is 1150. The number of amides is 1. The Balaban J connectivity index is 3.57. The Hall–Kier alpha value is -2.18. The molecule has 0 aromatic carbocycles. The first kappa shape index (κ1) is 65.8. The van der Waals surface area contributed by atoms with Gasteiger partial charge in [0.2, 0.25) is 5.91 Å². The zero-order valence-electron chi connectivity index (χ0n) is 45.3. The number of hydrogen-bond donors (Lipinski definition) is 3. The molecule has 0 aliphatic heterocycles. The molecule has 0 aliphatic carbocycles. The second-order valence-corrected chi connectivity index (χ2v) is 20.3. The van der Waals surface area contributed by atoms with Crippen molar-refractivity contribution in [3.63, 3.8) is 0 Å². The molecule has 1 amide bonds. The Labute approximate surface area is 423 Å². The lowest BCUT2D eigenvalue weighted by atomic mass is 10.0. The summed E-state index contributed by atoms with van der Waals surface area (Å²) in [5, 5.41) is 23.1. The lowest BCUT2D eigenvalue weighted by molar-refractivity contribution is -0.143. The molecular weight excluding hydrogens is 839 g/mol. The maximum Gasteiger partial charge on any atom is 0.305 e. The molecule has 0 aromatic heterocycles. The standard InChI is InChI=1S/C62H115NO5/c1-3-5-7-9-11-13-15-17-18-19-20-21-22-23-24-25-26-27-28-31-34-38-42-46-50-54-60(65)59(58-64)63-61(66)55-51-47-43-39-35-32-29-33-37-41-45-49-53-57-68-62(67)56-52-48-44-40-36-30-16-14-12-10-8-6-4-2/h14,16,32,35,43,47,50,54,59-60,64-65H,3-13,15,17-31,33-34,36-42,44-46,48-49,51-53,55-58H2,1-2H3,(H,63,66)/b16-14-,35-32-,47-43-,54-50+. The van der Waals surface area contributed by atoms with Gasteiger partial charge in [-0.05, 0) is 77.0 Å². The van der Waals surface area contributed by atoms with Gasteiger partial charge < -0.3 is 20.3 Å². The smallest absolute Gasteiger partial charge is 0.305 e. The highest BCUT2D eigenvalue weighted by Crippen LogP contribution is 2.17. The van der Waals surface area contributed by atoms with Crippen molar-refractivity contribution in [2.45, 2.75) is 321 Å². The summed E-state index contributed by atoms with van der Waals surface area (Å²) in [6.45, 7) is 4.83. The number of hydrogen-bond acceptors (Lipinski definition) is 5. The molecule has 0 saturated heterocycles. The molecule has 0 saturated carbocycles. The highest BCUT2D eigenvalue weighted by atomic mass is 16.5. The van der Waals surface area contributed by atoms with E-state index < -0.39 is 12.1 Å². The largest absolute Gasteiger partial charge is 0.466 e. The van der Waals surface area contributed by atoms with E-state index >= 15 is 0 Å². The van der Waals surface area contributed by atoms with Crippen LogP contribution in [0.1, 0.15) is 309 Å². The van der Waals surface area contributed by atoms with Crippen LogP contribution < -0.4 is 5.32 Å². The zero-order chi connectivity index (χ0) is 49.3. The fraction of sp³-hybridized carbons (Fsp3) is 0.839. The third kappa shape index (κ3) is 53.2. The fourth-order valence-electron chi connectivity index (χ4n) is 8.97. The van der Waals surface area contributed by atoms with Crippen LogP contribution >= 0.6 is 0 Å². The number of carbonyl (C=O) groups excluding carboxylic acids is 2. The molecular formula is C62H115NO5. The van der Waals surface area contributed by atoms with Crippen LogP contribution in [0.4, 0.5) is 0 Å². The summed E-state index contributed by atoms with van der Waals surface area (Å²) >= 11 is 0. The molecule has 398 valence electrons. The summed E-state index contributed by atoms with van der Waals surface area (Å²) in [4.78, 5) is 24.5. The first-order valence-corrected chi connectivity index (χ1v) is 29.9. The lowest BCUT2D eigenvalue weighted by Crippen LogP contribution is -2.45. The van der Waals surface area contributed by atoms with E-state index in [4.69, 9.17) is 4.74 Å². The van der Waals surface area contributed by atoms with Gasteiger partial charge >= 0.3 is 5.97 Å². The van der Waals surface area contributed by atoms with Crippen molar-refractivity contribution in [1.29, 1.82) is 0 Å². The molecule has 3 N–H and O–H groups in total. The molecule has 0 spiro atoms. The monoisotopic (exact) mass is 954 g/mol. The first-order valence-electron chi connectivity index (χ1n) is 29.9. The van der Waals surface area contributed by atoms with Crippen molar-refractivity contribution >= 4 is 11.9 Å². The van der Waals surface area contributed by atoms with Gasteiger partial charge in [-0.15, -0.1) is 0 Å². The Morgan fingerprint density at radius 3 is 1.18 bits per heavy atom. The van der Waals surface area contributed by atoms with Gasteiger partial charge in [-0.2, -0.15) is 0 Å². The topological polar surface area (TPSA) is 95.9 Å². The molecule has 0 radical (unpaired) electrons. The molecule has 0 bridgehead atoms. The number of nitrogens with one attached hydrogen (secondary N) is 1. The summed E-state index contributed by atoms with van der Waals surface area (Å²) in [7, 11) is 0. The van der Waals surface area contributed by atoms with E-state index in [1.54, 1.807) is 6.08 Å². The summed E-state index contributed by atoms with van der Waals surface area (Å²) in [6.07, 6.45) is 73.0. The van der Waals surface area contributed by atoms with Crippen LogP contribution in [0.15, 0.2) is 48.6 Å². The summed E-state index contributed by atoms with van der Waals surface area (Å²) < 4.78 is 5.44. The van der Waals surface area contributed by atoms with E-state index in [1.165, 1.54) is 225 Å². The molecule has 6 heteroatoms. The highest BCUT2D eigenvalue weighted by Gasteiger charge is 2.17. The molecule has 68 heavy (non-hydrogen) atoms. The Kier molecular flexibility index (Phi) is 55.6. The zero-order valence-corrected chi connectivity index (χ0v) is 45.3. The predicted octanol–water partition coefficient (Wildman–Crippen LogP) is 18.6. The van der Waals surface area contributed by atoms with Crippen molar-refractivity contribution in [2.75, 3.05) is 13.2 Å². The number of allylic oxidation sites excluding steroid dienone is 7. The van der Waals surface area contributed by atoms with Crippen molar-refractivity contribution in [3.8, 4) is 0 Å². The Morgan fingerprint density at radius 1 is 0.412 bits per heavy atom. The third-order valence-corrected chi connectivity index (χ3v) is 13.6. The van der Waals surface area contributed by atoms with Crippen LogP contribution in [-0.2, 0) is 14.3 Å². The van der Waals surface area contributed by atoms with Gasteiger partial charge in [0.25, 0.3) is 0 Å². The van der Waals surface area contributed by atoms with E-state index in [0.29, 0.717) is 25.9 Å². The van der Waals surface area contributed by atoms with Gasteiger partial charge in [-0.1, -0.05) is 268 Å². The molecule has 0 rings (SSSR count). The van der Waals surface area contributed by atoms with Crippen molar-refractivity contribution in [1.82, 2.24) is 5.32 Å². The van der Waals surface area contributed by atoms with E-state index in [0.717, 1.165) is 51.4 Å². The molecule has 2 atom stereocenters. The second-order valence-electron chi connectivity index (χ2n) is 20.3. The minimum Gasteiger partial charge on any atom is -0.466 e. The average Bonchev–Trinajstić information content (AvgIpc) is 3.34. The van der Waals surface area contributed by atoms with E-state index in [-0.39, 0.29) is 18.5 Å². The van der Waals surface area contributed by atoms with Crippen LogP contribution in [0.2, 0.25) is 0 Å². The SMILES string of the molecule is CCCCCC/C=C\CCCCCCCC(=O)OCCCCCCCC/C=C\C/C=C\CCC(=O)NC(CO)C(O)/C=C/CCCCCCCCCCCCCCCCCCCCCCCCC. The number of aliphatic hydroxyl groups excluding tert-OH is 2. The number of carbonyl (C=O) groups is 2. The van der Waals surface area contributed by atoms with Crippen LogP contribution in [-0.4, -0.2) is 47.4 Å². The number of aliphatic hydroxyl groups is 2. The van der Waals surface area contributed by atoms with Gasteiger partial charge in [0, 0.05) is 12.8 Å². The summed E-state index contributed by atoms with van der Waals surface area (Å²) in [5.74, 6) is -0.175. The molecule has 0 aliphatic rings. The maximum absolute atomic E-state index is 12.4. The minimum absolute atomic E-state index is 0.0277. The van der Waals surface area contributed by atoms with E-state index in [1.807, 2.05) is 12.2 Å². The van der Waals surface area contributed by atoms with Gasteiger partial charge in [-0.25, -0.2) is 0 Å². The number of ether oxygens (including phenoxy) is 1. The lowest BCUT2D eigenvalue weighted by Gasteiger charge is -2.19. The fourth-order valence-corrected chi connectivity index (χ4v) is 8.97. The molecule has 0 heterocycles. The molecule has 6 nitrogen and oxygen atoms in total. The van der Waals surface area contributed by atoms with Crippen LogP contribution in [0.25, 0.3) is 0 Å². The maximum atomic E-state index is 12.4. The number of esters is 1. The minimum atomic E-state index is -0.882. The quantitative estimate of drug-likeness (QED) is 0.0321. The van der Waals surface area contributed by atoms with Gasteiger partial charge in [0.15, 0.2) is 0 Å². The van der Waals surface area contributed by atoms with Crippen molar-refractivity contribution in [2.24, 2.45) is 0 Å². The third-order valence-electron chi connectivity index (χ3n) is 13.6. The highest BCUT2D eigenvalue weighted by molar-refractivity contribution is 5.76. The number of unbranched alkanes of at least 4 members (excludes halogenated alkanes) is 38. The molecule has 0 fully saturated rings. The normalized spacial score (nSPS) is 12.9. The van der Waals surface area contributed by atoms with Gasteiger partial charge in [-0.3, -0.25) is 9.59 Å². The molecule has 2 unspecified atom stereocenters. The number of rotatable bonds is 55. The van der Waals surface area contributed by atoms with Crippen LogP contribution in [0, 0.1) is 0 Å². The van der Waals surface area contributed by atoms with Crippen molar-refractivity contribution in [3.05, 3.63) is 48.6 Å². The van der Waals surface area contributed by atoms with Crippen LogP contribution in [0.5, 0.6) is 0 Å². The van der Waals surface area contributed by atoms with Crippen molar-refractivity contribution < 1.29 is 24.5 Å². The van der Waals surface area contributed by atoms with E-state index in [9.17, 15) is 19.8 Å². The summed E-state index contributed by atoms with van der Waals surface area (Å²) in [5.41, 5.74) is 0. The average molecular weight is 955 g/mol. The van der Waals surface area contributed by atoms with Crippen LogP contribution in [0.3, 0.4) is 0 Å². The van der Waals surface area contributed by atoms with Gasteiger partial charge in [0.1, 0.15) is 0 Å². The predicted molar refractivity (Wildman–Crippen MR) is 296 cm³/mol. The Morgan fingerprint density at radius 2 is 0.750 bits per heavy atom. The second kappa shape index (κ2) is 57.4. The first-order chi connectivity index (χ1) is 33.5. The van der Waals surface area contributed by atoms with E-state index in [2.05, 4.69) is 49.5 Å².